The zero-order valence-corrected chi connectivity index (χ0v) is 12.2. The lowest BCUT2D eigenvalue weighted by molar-refractivity contribution is 0.102. The van der Waals surface area contributed by atoms with Crippen molar-refractivity contribution in [3.05, 3.63) is 58.2 Å². The van der Waals surface area contributed by atoms with Gasteiger partial charge in [-0.15, -0.1) is 0 Å². The number of aromatic amines is 1. The van der Waals surface area contributed by atoms with Crippen LogP contribution in [0.5, 0.6) is 5.75 Å². The zero-order valence-electron chi connectivity index (χ0n) is 10.7. The fourth-order valence-electron chi connectivity index (χ4n) is 2.13. The SMILES string of the molecule is O=C(Nc1cc(Cl)cc(Cl)c1O)c1cccc2[nH]ccc12. The smallest absolute Gasteiger partial charge is 0.256 e. The topological polar surface area (TPSA) is 65.1 Å². The molecule has 21 heavy (non-hydrogen) atoms. The number of carbonyl (C=O) groups is 1. The summed E-state index contributed by atoms with van der Waals surface area (Å²) in [6.45, 7) is 0. The quantitative estimate of drug-likeness (QED) is 0.611. The Morgan fingerprint density at radius 3 is 2.81 bits per heavy atom. The monoisotopic (exact) mass is 320 g/mol. The van der Waals surface area contributed by atoms with Crippen molar-refractivity contribution >= 4 is 45.7 Å². The highest BCUT2D eigenvalue weighted by Gasteiger charge is 2.14. The Bertz CT molecular complexity index is 843. The molecule has 1 aromatic heterocycles. The van der Waals surface area contributed by atoms with Gasteiger partial charge in [-0.1, -0.05) is 29.3 Å². The summed E-state index contributed by atoms with van der Waals surface area (Å²) in [6.07, 6.45) is 1.76. The zero-order chi connectivity index (χ0) is 15.0. The number of phenolic OH excluding ortho intramolecular Hbond substituents is 1. The molecule has 1 amide bonds. The van der Waals surface area contributed by atoms with Gasteiger partial charge >= 0.3 is 0 Å². The van der Waals surface area contributed by atoms with E-state index in [4.69, 9.17) is 23.2 Å². The molecule has 106 valence electrons. The highest BCUT2D eigenvalue weighted by molar-refractivity contribution is 6.36. The number of phenols is 1. The minimum absolute atomic E-state index is 0.0812. The maximum absolute atomic E-state index is 12.4. The van der Waals surface area contributed by atoms with Crippen molar-refractivity contribution in [3.63, 3.8) is 0 Å². The molecule has 3 aromatic rings. The lowest BCUT2D eigenvalue weighted by atomic mass is 10.1. The second-order valence-electron chi connectivity index (χ2n) is 4.48. The molecule has 0 aliphatic heterocycles. The Hall–Kier alpha value is -2.17. The van der Waals surface area contributed by atoms with E-state index >= 15 is 0 Å². The number of benzene rings is 2. The molecule has 0 atom stereocenters. The first kappa shape index (κ1) is 13.8. The molecule has 0 saturated heterocycles. The lowest BCUT2D eigenvalue weighted by Gasteiger charge is -2.10. The number of nitrogens with one attached hydrogen (secondary N) is 2. The third-order valence-electron chi connectivity index (χ3n) is 3.12. The summed E-state index contributed by atoms with van der Waals surface area (Å²) in [4.78, 5) is 15.4. The number of hydrogen-bond donors (Lipinski definition) is 3. The standard InChI is InChI=1S/C15H10Cl2N2O2/c16-8-6-11(17)14(20)13(7-8)19-15(21)10-2-1-3-12-9(10)4-5-18-12/h1-7,18,20H,(H,19,21). The van der Waals surface area contributed by atoms with E-state index in [9.17, 15) is 9.90 Å². The van der Waals surface area contributed by atoms with Crippen LogP contribution in [0, 0.1) is 0 Å². The summed E-state index contributed by atoms with van der Waals surface area (Å²) in [5.41, 5.74) is 1.52. The molecule has 0 radical (unpaired) electrons. The Kier molecular flexibility index (Phi) is 3.49. The summed E-state index contributed by atoms with van der Waals surface area (Å²) >= 11 is 11.7. The van der Waals surface area contributed by atoms with E-state index in [-0.39, 0.29) is 22.4 Å². The molecule has 0 bridgehead atoms. The minimum Gasteiger partial charge on any atom is -0.504 e. The molecule has 0 spiro atoms. The van der Waals surface area contributed by atoms with Gasteiger partial charge in [0.25, 0.3) is 5.91 Å². The second-order valence-corrected chi connectivity index (χ2v) is 5.33. The maximum atomic E-state index is 12.4. The van der Waals surface area contributed by atoms with Crippen LogP contribution < -0.4 is 5.32 Å². The molecule has 0 aliphatic carbocycles. The van der Waals surface area contributed by atoms with Crippen LogP contribution in [-0.4, -0.2) is 16.0 Å². The van der Waals surface area contributed by atoms with Crippen molar-refractivity contribution in [2.75, 3.05) is 5.32 Å². The van der Waals surface area contributed by atoms with E-state index in [1.54, 1.807) is 18.3 Å². The molecule has 2 aromatic carbocycles. The van der Waals surface area contributed by atoms with Gasteiger partial charge in [0, 0.05) is 27.7 Å². The van der Waals surface area contributed by atoms with Crippen LogP contribution in [0.3, 0.4) is 0 Å². The number of H-pyrrole nitrogens is 1. The summed E-state index contributed by atoms with van der Waals surface area (Å²) in [5, 5.41) is 13.7. The molecule has 0 fully saturated rings. The Balaban J connectivity index is 1.99. The molecule has 0 unspecified atom stereocenters. The summed E-state index contributed by atoms with van der Waals surface area (Å²) in [5.74, 6) is -0.565. The summed E-state index contributed by atoms with van der Waals surface area (Å²) in [6, 6.07) is 10.0. The van der Waals surface area contributed by atoms with Gasteiger partial charge in [0.05, 0.1) is 10.7 Å². The van der Waals surface area contributed by atoms with Gasteiger partial charge in [-0.2, -0.15) is 0 Å². The molecular formula is C15H10Cl2N2O2. The van der Waals surface area contributed by atoms with Crippen molar-refractivity contribution in [2.24, 2.45) is 0 Å². The van der Waals surface area contributed by atoms with Crippen LogP contribution in [0.4, 0.5) is 5.69 Å². The van der Waals surface area contributed by atoms with E-state index in [0.29, 0.717) is 10.6 Å². The van der Waals surface area contributed by atoms with E-state index < -0.39 is 0 Å². The number of fused-ring (bicyclic) bond motifs is 1. The van der Waals surface area contributed by atoms with Crippen molar-refractivity contribution < 1.29 is 9.90 Å². The fraction of sp³-hybridized carbons (Fsp3) is 0. The first-order valence-corrected chi connectivity index (χ1v) is 6.87. The maximum Gasteiger partial charge on any atom is 0.256 e. The van der Waals surface area contributed by atoms with Gasteiger partial charge < -0.3 is 15.4 Å². The van der Waals surface area contributed by atoms with Crippen LogP contribution >= 0.6 is 23.2 Å². The van der Waals surface area contributed by atoms with Gasteiger partial charge in [-0.3, -0.25) is 4.79 Å². The average Bonchev–Trinajstić information content (AvgIpc) is 2.92. The first-order chi connectivity index (χ1) is 10.1. The van der Waals surface area contributed by atoms with E-state index in [0.717, 1.165) is 10.9 Å². The molecular weight excluding hydrogens is 311 g/mol. The normalized spacial score (nSPS) is 10.8. The third-order valence-corrected chi connectivity index (χ3v) is 3.62. The molecule has 0 saturated carbocycles. The van der Waals surface area contributed by atoms with E-state index in [2.05, 4.69) is 10.3 Å². The second kappa shape index (κ2) is 5.31. The molecule has 4 nitrogen and oxygen atoms in total. The number of carbonyl (C=O) groups excluding carboxylic acids is 1. The number of aromatic hydroxyl groups is 1. The third kappa shape index (κ3) is 2.55. The largest absolute Gasteiger partial charge is 0.504 e. The van der Waals surface area contributed by atoms with Crippen LogP contribution in [0.1, 0.15) is 10.4 Å². The molecule has 1 heterocycles. The van der Waals surface area contributed by atoms with Gasteiger partial charge in [0.1, 0.15) is 0 Å². The molecule has 3 rings (SSSR count). The Morgan fingerprint density at radius 1 is 1.19 bits per heavy atom. The number of aromatic nitrogens is 1. The number of anilines is 1. The molecule has 0 aliphatic rings. The van der Waals surface area contributed by atoms with E-state index in [1.807, 2.05) is 12.1 Å². The fourth-order valence-corrected chi connectivity index (χ4v) is 2.63. The van der Waals surface area contributed by atoms with Crippen molar-refractivity contribution in [1.82, 2.24) is 4.98 Å². The number of rotatable bonds is 2. The van der Waals surface area contributed by atoms with Crippen molar-refractivity contribution in [1.29, 1.82) is 0 Å². The van der Waals surface area contributed by atoms with Crippen molar-refractivity contribution in [3.8, 4) is 5.75 Å². The van der Waals surface area contributed by atoms with Gasteiger partial charge in [-0.05, 0) is 30.3 Å². The van der Waals surface area contributed by atoms with Gasteiger partial charge in [0.15, 0.2) is 5.75 Å². The van der Waals surface area contributed by atoms with Crippen LogP contribution in [0.2, 0.25) is 10.0 Å². The van der Waals surface area contributed by atoms with Crippen LogP contribution in [0.25, 0.3) is 10.9 Å². The predicted molar refractivity (Wildman–Crippen MR) is 84.4 cm³/mol. The highest BCUT2D eigenvalue weighted by Crippen LogP contribution is 2.35. The Labute approximate surface area is 130 Å². The summed E-state index contributed by atoms with van der Waals surface area (Å²) in [7, 11) is 0. The summed E-state index contributed by atoms with van der Waals surface area (Å²) < 4.78 is 0. The van der Waals surface area contributed by atoms with Gasteiger partial charge in [0.2, 0.25) is 0 Å². The first-order valence-electron chi connectivity index (χ1n) is 6.12. The highest BCUT2D eigenvalue weighted by atomic mass is 35.5. The number of amides is 1. The Morgan fingerprint density at radius 2 is 2.00 bits per heavy atom. The van der Waals surface area contributed by atoms with Crippen LogP contribution in [-0.2, 0) is 0 Å². The van der Waals surface area contributed by atoms with Crippen LogP contribution in [0.15, 0.2) is 42.6 Å². The molecule has 3 N–H and O–H groups in total. The van der Waals surface area contributed by atoms with Gasteiger partial charge in [-0.25, -0.2) is 0 Å². The molecule has 6 heteroatoms. The predicted octanol–water partition coefficient (Wildman–Crippen LogP) is 4.43. The number of halogens is 2. The lowest BCUT2D eigenvalue weighted by Crippen LogP contribution is -2.12. The van der Waals surface area contributed by atoms with Crippen molar-refractivity contribution in [2.45, 2.75) is 0 Å². The van der Waals surface area contributed by atoms with E-state index in [1.165, 1.54) is 12.1 Å². The number of hydrogen-bond acceptors (Lipinski definition) is 2. The average molecular weight is 321 g/mol. The minimum atomic E-state index is -0.353.